The summed E-state index contributed by atoms with van der Waals surface area (Å²) in [6, 6.07) is 9.07. The fourth-order valence-electron chi connectivity index (χ4n) is 3.88. The van der Waals surface area contributed by atoms with Crippen LogP contribution in [0, 0.1) is 13.8 Å². The summed E-state index contributed by atoms with van der Waals surface area (Å²) in [5.41, 5.74) is 1.68. The zero-order chi connectivity index (χ0) is 22.7. The Balaban J connectivity index is 1.83. The molecule has 1 amide bonds. The van der Waals surface area contributed by atoms with Crippen molar-refractivity contribution in [2.24, 2.45) is 0 Å². The number of thiazole rings is 1. The second kappa shape index (κ2) is 7.46. The molecule has 7 nitrogen and oxygen atoms in total. The van der Waals surface area contributed by atoms with Crippen LogP contribution in [0.25, 0.3) is 11.0 Å². The summed E-state index contributed by atoms with van der Waals surface area (Å²) in [4.78, 5) is 34.2. The van der Waals surface area contributed by atoms with Crippen LogP contribution in [0.1, 0.15) is 38.3 Å². The molecule has 0 spiro atoms. The Morgan fingerprint density at radius 3 is 2.66 bits per heavy atom. The van der Waals surface area contributed by atoms with Crippen molar-refractivity contribution in [3.05, 3.63) is 78.6 Å². The molecule has 1 aliphatic heterocycles. The zero-order valence-corrected chi connectivity index (χ0v) is 19.7. The number of fused-ring (bicyclic) bond motifs is 2. The van der Waals surface area contributed by atoms with E-state index in [-0.39, 0.29) is 28.3 Å². The molecule has 9 heteroatoms. The molecule has 1 aliphatic rings. The summed E-state index contributed by atoms with van der Waals surface area (Å²) in [5.74, 6) is -0.245. The van der Waals surface area contributed by atoms with Crippen LogP contribution >= 0.6 is 27.3 Å². The van der Waals surface area contributed by atoms with Gasteiger partial charge in [0.1, 0.15) is 5.58 Å². The summed E-state index contributed by atoms with van der Waals surface area (Å²) in [6.45, 7) is 3.80. The van der Waals surface area contributed by atoms with Crippen LogP contribution in [0.4, 0.5) is 5.13 Å². The Kier molecular flexibility index (Phi) is 4.83. The van der Waals surface area contributed by atoms with Crippen LogP contribution in [-0.4, -0.2) is 23.1 Å². The third-order valence-corrected chi connectivity index (χ3v) is 7.14. The number of benzene rings is 2. The number of rotatable bonds is 3. The van der Waals surface area contributed by atoms with E-state index in [9.17, 15) is 14.7 Å². The molecule has 3 heterocycles. The minimum Gasteiger partial charge on any atom is -0.504 e. The molecule has 4 aromatic rings. The predicted octanol–water partition coefficient (Wildman–Crippen LogP) is 5.09. The van der Waals surface area contributed by atoms with Gasteiger partial charge in [0.25, 0.3) is 5.91 Å². The largest absolute Gasteiger partial charge is 0.504 e. The number of carbonyl (C=O) groups is 1. The van der Waals surface area contributed by atoms with E-state index in [1.54, 1.807) is 30.3 Å². The fourth-order valence-corrected chi connectivity index (χ4v) is 5.18. The molecule has 1 atom stereocenters. The number of methoxy groups -OCH3 is 1. The van der Waals surface area contributed by atoms with Gasteiger partial charge >= 0.3 is 0 Å². The van der Waals surface area contributed by atoms with E-state index < -0.39 is 11.9 Å². The number of nitrogens with zero attached hydrogens (tertiary/aromatic N) is 2. The second-order valence-electron chi connectivity index (χ2n) is 7.46. The average Bonchev–Trinajstić information content (AvgIpc) is 3.25. The number of anilines is 1. The molecule has 1 unspecified atom stereocenters. The monoisotopic (exact) mass is 512 g/mol. The molecule has 5 rings (SSSR count). The molecule has 32 heavy (non-hydrogen) atoms. The maximum absolute atomic E-state index is 13.6. The highest BCUT2D eigenvalue weighted by Gasteiger charge is 2.45. The Morgan fingerprint density at radius 2 is 1.97 bits per heavy atom. The van der Waals surface area contributed by atoms with Crippen LogP contribution in [0.15, 0.2) is 50.1 Å². The van der Waals surface area contributed by atoms with Crippen LogP contribution in [0.2, 0.25) is 0 Å². The average molecular weight is 513 g/mol. The highest BCUT2D eigenvalue weighted by Crippen LogP contribution is 2.44. The third-order valence-electron chi connectivity index (χ3n) is 5.58. The van der Waals surface area contributed by atoms with Crippen LogP contribution in [0.3, 0.4) is 0 Å². The molecule has 0 aliphatic carbocycles. The van der Waals surface area contributed by atoms with Gasteiger partial charge in [-0.05, 0) is 49.7 Å². The number of carbonyl (C=O) groups excluding carboxylic acids is 1. The number of aryl methyl sites for hydroxylation is 2. The standard InChI is InChI=1S/C23H17BrN2O5S/c1-10-11(2)32-23(25-10)26-19(12-4-6-15(27)17(8-12)30-3)18-20(28)14-9-13(24)5-7-16(14)31-21(18)22(26)29/h4-9,19,27H,1-3H3. The summed E-state index contributed by atoms with van der Waals surface area (Å²) in [7, 11) is 1.44. The number of ether oxygens (including phenoxy) is 1. The Hall–Kier alpha value is -3.17. The lowest BCUT2D eigenvalue weighted by Crippen LogP contribution is -2.29. The smallest absolute Gasteiger partial charge is 0.297 e. The molecule has 2 aromatic carbocycles. The van der Waals surface area contributed by atoms with E-state index in [4.69, 9.17) is 9.15 Å². The number of hydrogen-bond acceptors (Lipinski definition) is 7. The van der Waals surface area contributed by atoms with E-state index in [2.05, 4.69) is 20.9 Å². The number of aromatic nitrogens is 1. The SMILES string of the molecule is COc1cc(C2c3c(oc4ccc(Br)cc4c3=O)C(=O)N2c2nc(C)c(C)s2)ccc1O. The van der Waals surface area contributed by atoms with Gasteiger partial charge < -0.3 is 14.3 Å². The predicted molar refractivity (Wildman–Crippen MR) is 125 cm³/mol. The van der Waals surface area contributed by atoms with E-state index >= 15 is 0 Å². The van der Waals surface area contributed by atoms with Gasteiger partial charge in [0.15, 0.2) is 22.1 Å². The molecular weight excluding hydrogens is 496 g/mol. The lowest BCUT2D eigenvalue weighted by Gasteiger charge is -2.23. The molecule has 0 bridgehead atoms. The van der Waals surface area contributed by atoms with Crippen molar-refractivity contribution >= 4 is 49.3 Å². The van der Waals surface area contributed by atoms with Gasteiger partial charge in [-0.25, -0.2) is 4.98 Å². The molecule has 0 saturated heterocycles. The highest BCUT2D eigenvalue weighted by molar-refractivity contribution is 9.10. The highest BCUT2D eigenvalue weighted by atomic mass is 79.9. The van der Waals surface area contributed by atoms with E-state index in [1.807, 2.05) is 13.8 Å². The minimum atomic E-state index is -0.781. The third kappa shape index (κ3) is 3.03. The van der Waals surface area contributed by atoms with Gasteiger partial charge in [-0.3, -0.25) is 14.5 Å². The van der Waals surface area contributed by atoms with Gasteiger partial charge in [-0.1, -0.05) is 22.0 Å². The lowest BCUT2D eigenvalue weighted by molar-refractivity contribution is 0.0971. The number of halogens is 1. The number of aromatic hydroxyl groups is 1. The Labute approximate surface area is 195 Å². The van der Waals surface area contributed by atoms with Crippen molar-refractivity contribution < 1.29 is 19.1 Å². The second-order valence-corrected chi connectivity index (χ2v) is 9.56. The molecule has 0 saturated carbocycles. The zero-order valence-electron chi connectivity index (χ0n) is 17.3. The summed E-state index contributed by atoms with van der Waals surface area (Å²) >= 11 is 4.77. The Bertz CT molecular complexity index is 1460. The normalized spacial score (nSPS) is 15.4. The first-order valence-electron chi connectivity index (χ1n) is 9.71. The van der Waals surface area contributed by atoms with E-state index in [0.29, 0.717) is 21.7 Å². The first-order chi connectivity index (χ1) is 15.3. The summed E-state index contributed by atoms with van der Waals surface area (Å²) < 4.78 is 12.0. The van der Waals surface area contributed by atoms with E-state index in [1.165, 1.54) is 29.4 Å². The molecule has 162 valence electrons. The number of phenolic OH excluding ortho intramolecular Hbond substituents is 1. The van der Waals surface area contributed by atoms with Crippen molar-refractivity contribution in [3.63, 3.8) is 0 Å². The topological polar surface area (TPSA) is 92.9 Å². The molecule has 0 radical (unpaired) electrons. The van der Waals surface area contributed by atoms with Crippen molar-refractivity contribution in [1.82, 2.24) is 4.98 Å². The molecule has 0 fully saturated rings. The van der Waals surface area contributed by atoms with E-state index in [0.717, 1.165) is 15.0 Å². The first kappa shape index (κ1) is 20.7. The molecule has 1 N–H and O–H groups in total. The molecular formula is C23H17BrN2O5S. The van der Waals surface area contributed by atoms with Crippen molar-refractivity contribution in [1.29, 1.82) is 0 Å². The number of hydrogen-bond donors (Lipinski definition) is 1. The van der Waals surface area contributed by atoms with Crippen molar-refractivity contribution in [2.45, 2.75) is 19.9 Å². The van der Waals surface area contributed by atoms with Gasteiger partial charge in [-0.2, -0.15) is 0 Å². The van der Waals surface area contributed by atoms with Crippen LogP contribution in [0.5, 0.6) is 11.5 Å². The summed E-state index contributed by atoms with van der Waals surface area (Å²) in [6.07, 6.45) is 0. The minimum absolute atomic E-state index is 0.00706. The van der Waals surface area contributed by atoms with Gasteiger partial charge in [0.05, 0.1) is 29.8 Å². The van der Waals surface area contributed by atoms with Crippen molar-refractivity contribution in [2.75, 3.05) is 12.0 Å². The fraction of sp³-hybridized carbons (Fsp3) is 0.174. The molecule has 2 aromatic heterocycles. The van der Waals surface area contributed by atoms with Crippen molar-refractivity contribution in [3.8, 4) is 11.5 Å². The first-order valence-corrected chi connectivity index (χ1v) is 11.3. The van der Waals surface area contributed by atoms with Gasteiger partial charge in [0.2, 0.25) is 5.76 Å². The maximum atomic E-state index is 13.6. The van der Waals surface area contributed by atoms with Crippen LogP contribution in [-0.2, 0) is 0 Å². The van der Waals surface area contributed by atoms with Gasteiger partial charge in [0, 0.05) is 9.35 Å². The lowest BCUT2D eigenvalue weighted by atomic mass is 9.98. The summed E-state index contributed by atoms with van der Waals surface area (Å²) in [5, 5.41) is 10.9. The number of amides is 1. The maximum Gasteiger partial charge on any atom is 0.297 e. The number of phenols is 1. The van der Waals surface area contributed by atoms with Crippen LogP contribution < -0.4 is 15.1 Å². The quantitative estimate of drug-likeness (QED) is 0.410. The Morgan fingerprint density at radius 1 is 1.19 bits per heavy atom. The van der Waals surface area contributed by atoms with Gasteiger partial charge in [-0.15, -0.1) is 11.3 Å².